The molecule has 1 atom stereocenters. The second-order valence-electron chi connectivity index (χ2n) is 10.2. The first-order chi connectivity index (χ1) is 17.3. The van der Waals surface area contributed by atoms with E-state index in [-0.39, 0.29) is 17.9 Å². The van der Waals surface area contributed by atoms with E-state index in [9.17, 15) is 4.79 Å². The summed E-state index contributed by atoms with van der Waals surface area (Å²) in [7, 11) is 3.83. The Balaban J connectivity index is 1.23. The number of halogens is 1. The topological polar surface area (TPSA) is 91.1 Å². The number of anilines is 2. The van der Waals surface area contributed by atoms with Gasteiger partial charge in [-0.3, -0.25) is 9.69 Å². The lowest BCUT2D eigenvalue weighted by atomic mass is 9.95. The standard InChI is InChI=1S/C25H33ClN8O2/c1-25(2,20-12-27-21-7-5-6-8-34(20)21)30-23(35)17-13-33(14-17)22-19(26)11-28-24(29-22)32-10-9-31(3)18(15-32)16-36-4/h5-8,11-12,17-18H,9-10,13-16H2,1-4H3,(H,30,35). The summed E-state index contributed by atoms with van der Waals surface area (Å²) in [4.78, 5) is 33.4. The Kier molecular flexibility index (Phi) is 6.76. The van der Waals surface area contributed by atoms with Gasteiger partial charge in [0.1, 0.15) is 10.7 Å². The van der Waals surface area contributed by atoms with Crippen LogP contribution in [-0.4, -0.2) is 89.7 Å². The molecule has 3 aromatic heterocycles. The smallest absolute Gasteiger partial charge is 0.227 e. The molecule has 1 amide bonds. The summed E-state index contributed by atoms with van der Waals surface area (Å²) in [5, 5.41) is 3.70. The predicted octanol–water partition coefficient (Wildman–Crippen LogP) is 2.03. The summed E-state index contributed by atoms with van der Waals surface area (Å²) in [6, 6.07) is 6.14. The number of fused-ring (bicyclic) bond motifs is 1. The number of nitrogens with one attached hydrogen (secondary N) is 1. The number of pyridine rings is 1. The number of carbonyl (C=O) groups excluding carboxylic acids is 1. The summed E-state index contributed by atoms with van der Waals surface area (Å²) in [5.41, 5.74) is 1.22. The quantitative estimate of drug-likeness (QED) is 0.514. The van der Waals surface area contributed by atoms with E-state index in [0.29, 0.717) is 36.5 Å². The Hall–Kier alpha value is -2.95. The maximum atomic E-state index is 13.1. The van der Waals surface area contributed by atoms with Crippen LogP contribution in [-0.2, 0) is 15.1 Å². The molecule has 11 heteroatoms. The normalized spacial score (nSPS) is 19.5. The van der Waals surface area contributed by atoms with Crippen LogP contribution >= 0.6 is 11.6 Å². The van der Waals surface area contributed by atoms with Crippen LogP contribution in [0.1, 0.15) is 19.5 Å². The van der Waals surface area contributed by atoms with Crippen molar-refractivity contribution in [1.82, 2.24) is 29.6 Å². The van der Waals surface area contributed by atoms with E-state index in [1.165, 1.54) is 0 Å². The van der Waals surface area contributed by atoms with Gasteiger partial charge >= 0.3 is 0 Å². The molecule has 5 heterocycles. The Morgan fingerprint density at radius 3 is 2.75 bits per heavy atom. The van der Waals surface area contributed by atoms with Gasteiger partial charge in [0.25, 0.3) is 0 Å². The Bertz CT molecular complexity index is 1240. The van der Waals surface area contributed by atoms with Crippen molar-refractivity contribution in [2.45, 2.75) is 25.4 Å². The molecule has 2 fully saturated rings. The van der Waals surface area contributed by atoms with Crippen LogP contribution in [0.25, 0.3) is 5.65 Å². The number of ether oxygens (including phenoxy) is 1. The molecular formula is C25H33ClN8O2. The number of imidazole rings is 1. The number of nitrogens with zero attached hydrogens (tertiary/aromatic N) is 7. The highest BCUT2D eigenvalue weighted by atomic mass is 35.5. The van der Waals surface area contributed by atoms with Gasteiger partial charge in [-0.1, -0.05) is 17.7 Å². The van der Waals surface area contributed by atoms with Crippen molar-refractivity contribution >= 4 is 34.9 Å². The van der Waals surface area contributed by atoms with Gasteiger partial charge in [0.15, 0.2) is 5.82 Å². The molecular weight excluding hydrogens is 480 g/mol. The van der Waals surface area contributed by atoms with Gasteiger partial charge in [-0.05, 0) is 33.0 Å². The summed E-state index contributed by atoms with van der Waals surface area (Å²) in [6.45, 7) is 8.29. The number of likely N-dealkylation sites (N-methyl/N-ethyl adjacent to an activating group) is 1. The van der Waals surface area contributed by atoms with Crippen molar-refractivity contribution in [3.63, 3.8) is 0 Å². The van der Waals surface area contributed by atoms with Crippen molar-refractivity contribution in [1.29, 1.82) is 0 Å². The van der Waals surface area contributed by atoms with Crippen LogP contribution < -0.4 is 15.1 Å². The molecule has 0 radical (unpaired) electrons. The number of methoxy groups -OCH3 is 1. The summed E-state index contributed by atoms with van der Waals surface area (Å²) >= 11 is 6.48. The predicted molar refractivity (Wildman–Crippen MR) is 140 cm³/mol. The molecule has 10 nitrogen and oxygen atoms in total. The summed E-state index contributed by atoms with van der Waals surface area (Å²) in [6.07, 6.45) is 5.44. The van der Waals surface area contributed by atoms with E-state index >= 15 is 0 Å². The Labute approximate surface area is 216 Å². The molecule has 192 valence electrons. The number of piperazine rings is 1. The van der Waals surface area contributed by atoms with Crippen molar-refractivity contribution in [3.8, 4) is 0 Å². The van der Waals surface area contributed by atoms with Crippen molar-refractivity contribution in [2.75, 3.05) is 63.3 Å². The van der Waals surface area contributed by atoms with Crippen molar-refractivity contribution < 1.29 is 9.53 Å². The maximum Gasteiger partial charge on any atom is 0.227 e. The average Bonchev–Trinajstić information content (AvgIpc) is 3.26. The van der Waals surface area contributed by atoms with E-state index in [2.05, 4.69) is 32.1 Å². The van der Waals surface area contributed by atoms with Gasteiger partial charge in [-0.15, -0.1) is 0 Å². The third-order valence-corrected chi connectivity index (χ3v) is 7.44. The number of carbonyl (C=O) groups is 1. The zero-order chi connectivity index (χ0) is 25.4. The highest BCUT2D eigenvalue weighted by Gasteiger charge is 2.38. The first-order valence-electron chi connectivity index (χ1n) is 12.2. The first kappa shape index (κ1) is 24.7. The summed E-state index contributed by atoms with van der Waals surface area (Å²) < 4.78 is 7.38. The molecule has 1 unspecified atom stereocenters. The largest absolute Gasteiger partial charge is 0.383 e. The molecule has 2 saturated heterocycles. The lowest BCUT2D eigenvalue weighted by Crippen LogP contribution is -2.57. The highest BCUT2D eigenvalue weighted by Crippen LogP contribution is 2.32. The number of hydrogen-bond acceptors (Lipinski definition) is 8. The summed E-state index contributed by atoms with van der Waals surface area (Å²) in [5.74, 6) is 1.20. The van der Waals surface area contributed by atoms with Crippen LogP contribution in [0.15, 0.2) is 36.8 Å². The molecule has 0 saturated carbocycles. The van der Waals surface area contributed by atoms with Crippen LogP contribution in [0.4, 0.5) is 11.8 Å². The minimum Gasteiger partial charge on any atom is -0.383 e. The Morgan fingerprint density at radius 1 is 1.17 bits per heavy atom. The van der Waals surface area contributed by atoms with Gasteiger partial charge in [0.05, 0.1) is 42.2 Å². The molecule has 2 aliphatic heterocycles. The molecule has 0 spiro atoms. The fraction of sp³-hybridized carbons (Fsp3) is 0.520. The van der Waals surface area contributed by atoms with Crippen molar-refractivity contribution in [2.24, 2.45) is 5.92 Å². The third-order valence-electron chi connectivity index (χ3n) is 7.18. The van der Waals surface area contributed by atoms with E-state index in [4.69, 9.17) is 21.3 Å². The van der Waals surface area contributed by atoms with Crippen molar-refractivity contribution in [3.05, 3.63) is 47.5 Å². The molecule has 36 heavy (non-hydrogen) atoms. The van der Waals surface area contributed by atoms with Crippen LogP contribution in [0, 0.1) is 5.92 Å². The maximum absolute atomic E-state index is 13.1. The second-order valence-corrected chi connectivity index (χ2v) is 10.6. The molecule has 2 aliphatic rings. The molecule has 3 aromatic rings. The van der Waals surface area contributed by atoms with Gasteiger partial charge in [0.2, 0.25) is 11.9 Å². The van der Waals surface area contributed by atoms with Gasteiger partial charge in [-0.25, -0.2) is 9.97 Å². The fourth-order valence-electron chi connectivity index (χ4n) is 4.91. The van der Waals surface area contributed by atoms with Gasteiger partial charge in [0, 0.05) is 46.0 Å². The number of rotatable bonds is 7. The number of aromatic nitrogens is 4. The average molecular weight is 513 g/mol. The zero-order valence-corrected chi connectivity index (χ0v) is 21.9. The third kappa shape index (κ3) is 4.72. The Morgan fingerprint density at radius 2 is 1.97 bits per heavy atom. The lowest BCUT2D eigenvalue weighted by molar-refractivity contribution is -0.127. The minimum atomic E-state index is -0.571. The van der Waals surface area contributed by atoms with Gasteiger partial charge in [-0.2, -0.15) is 4.98 Å². The molecule has 0 aromatic carbocycles. The SMILES string of the molecule is COCC1CN(c2ncc(Cl)c(N3CC(C(=O)NC(C)(C)c4cnc5ccccn45)C3)n2)CCN1C. The molecule has 0 aliphatic carbocycles. The van der Waals surface area contributed by atoms with E-state index in [1.807, 2.05) is 53.7 Å². The van der Waals surface area contributed by atoms with Gasteiger partial charge < -0.3 is 24.3 Å². The van der Waals surface area contributed by atoms with Crippen LogP contribution in [0.3, 0.4) is 0 Å². The highest BCUT2D eigenvalue weighted by molar-refractivity contribution is 6.32. The fourth-order valence-corrected chi connectivity index (χ4v) is 5.12. The van der Waals surface area contributed by atoms with Crippen LogP contribution in [0.2, 0.25) is 5.02 Å². The van der Waals surface area contributed by atoms with E-state index in [0.717, 1.165) is 31.0 Å². The van der Waals surface area contributed by atoms with Crippen LogP contribution in [0.5, 0.6) is 0 Å². The lowest BCUT2D eigenvalue weighted by Gasteiger charge is -2.42. The second kappa shape index (κ2) is 9.84. The number of amides is 1. The first-order valence-corrected chi connectivity index (χ1v) is 12.6. The zero-order valence-electron chi connectivity index (χ0n) is 21.2. The molecule has 1 N–H and O–H groups in total. The molecule has 5 rings (SSSR count). The van der Waals surface area contributed by atoms with E-state index < -0.39 is 5.54 Å². The number of hydrogen-bond donors (Lipinski definition) is 1. The molecule has 0 bridgehead atoms. The monoisotopic (exact) mass is 512 g/mol. The minimum absolute atomic E-state index is 0.00834. The van der Waals surface area contributed by atoms with E-state index in [1.54, 1.807) is 13.3 Å².